The average molecular weight is 329 g/mol. The Kier molecular flexibility index (Phi) is 4.15. The van der Waals surface area contributed by atoms with Gasteiger partial charge < -0.3 is 14.8 Å². The van der Waals surface area contributed by atoms with Crippen molar-refractivity contribution >= 4 is 5.91 Å². The number of nitrogens with one attached hydrogen (secondary N) is 1. The fourth-order valence-corrected chi connectivity index (χ4v) is 5.64. The fraction of sp³-hybridized carbons (Fsp3) is 0.650. The first-order valence-corrected chi connectivity index (χ1v) is 9.23. The first-order valence-electron chi connectivity index (χ1n) is 9.23. The summed E-state index contributed by atoms with van der Waals surface area (Å²) < 4.78 is 11.0. The summed E-state index contributed by atoms with van der Waals surface area (Å²) in [7, 11) is 1.64. The van der Waals surface area contributed by atoms with Gasteiger partial charge in [-0.1, -0.05) is 12.1 Å². The van der Waals surface area contributed by atoms with Crippen LogP contribution < -0.4 is 14.8 Å². The Balaban J connectivity index is 1.30. The lowest BCUT2D eigenvalue weighted by Gasteiger charge is -2.55. The Bertz CT molecular complexity index is 577. The van der Waals surface area contributed by atoms with Gasteiger partial charge in [-0.3, -0.25) is 4.79 Å². The first kappa shape index (κ1) is 15.8. The molecule has 4 saturated carbocycles. The maximum atomic E-state index is 12.8. The van der Waals surface area contributed by atoms with Crippen LogP contribution in [0.2, 0.25) is 0 Å². The van der Waals surface area contributed by atoms with Gasteiger partial charge in [-0.25, -0.2) is 0 Å². The van der Waals surface area contributed by atoms with Crippen molar-refractivity contribution in [3.8, 4) is 11.5 Å². The van der Waals surface area contributed by atoms with Crippen LogP contribution in [0.1, 0.15) is 38.5 Å². The van der Waals surface area contributed by atoms with E-state index in [1.807, 2.05) is 24.3 Å². The van der Waals surface area contributed by atoms with Gasteiger partial charge in [0.05, 0.1) is 13.7 Å². The van der Waals surface area contributed by atoms with Crippen LogP contribution in [-0.2, 0) is 4.79 Å². The highest BCUT2D eigenvalue weighted by Gasteiger charge is 2.54. The SMILES string of the molecule is COc1ccccc1OCCNC(=O)C12CC3CC(CC(C3)C1)C2. The largest absolute Gasteiger partial charge is 0.493 e. The van der Waals surface area contributed by atoms with E-state index in [0.717, 1.165) is 48.5 Å². The molecule has 4 fully saturated rings. The summed E-state index contributed by atoms with van der Waals surface area (Å²) in [6, 6.07) is 7.61. The van der Waals surface area contributed by atoms with Gasteiger partial charge in [0, 0.05) is 5.41 Å². The van der Waals surface area contributed by atoms with Crippen LogP contribution in [0, 0.1) is 23.2 Å². The van der Waals surface area contributed by atoms with E-state index in [-0.39, 0.29) is 11.3 Å². The molecule has 130 valence electrons. The Morgan fingerprint density at radius 3 is 2.25 bits per heavy atom. The van der Waals surface area contributed by atoms with Crippen molar-refractivity contribution in [1.82, 2.24) is 5.32 Å². The minimum Gasteiger partial charge on any atom is -0.493 e. The number of ether oxygens (including phenoxy) is 2. The second-order valence-electron chi connectivity index (χ2n) is 7.95. The number of benzene rings is 1. The van der Waals surface area contributed by atoms with E-state index < -0.39 is 0 Å². The van der Waals surface area contributed by atoms with Gasteiger partial charge in [0.25, 0.3) is 0 Å². The maximum absolute atomic E-state index is 12.8. The fourth-order valence-electron chi connectivity index (χ4n) is 5.64. The predicted octanol–water partition coefficient (Wildman–Crippen LogP) is 3.41. The summed E-state index contributed by atoms with van der Waals surface area (Å²) >= 11 is 0. The molecule has 1 amide bonds. The quantitative estimate of drug-likeness (QED) is 0.814. The highest BCUT2D eigenvalue weighted by atomic mass is 16.5. The van der Waals surface area contributed by atoms with Crippen LogP contribution in [0.15, 0.2) is 24.3 Å². The lowest BCUT2D eigenvalue weighted by molar-refractivity contribution is -0.146. The summed E-state index contributed by atoms with van der Waals surface area (Å²) in [5, 5.41) is 3.14. The van der Waals surface area contributed by atoms with E-state index in [0.29, 0.717) is 13.2 Å². The molecule has 4 aliphatic carbocycles. The number of hydrogen-bond donors (Lipinski definition) is 1. The average Bonchev–Trinajstić information content (AvgIpc) is 2.57. The Morgan fingerprint density at radius 2 is 1.67 bits per heavy atom. The molecule has 0 unspecified atom stereocenters. The van der Waals surface area contributed by atoms with Gasteiger partial charge in [-0.2, -0.15) is 0 Å². The van der Waals surface area contributed by atoms with E-state index in [9.17, 15) is 4.79 Å². The molecule has 0 saturated heterocycles. The molecule has 0 aliphatic heterocycles. The minimum atomic E-state index is -0.0703. The third-order valence-electron chi connectivity index (χ3n) is 6.23. The molecule has 0 radical (unpaired) electrons. The Hall–Kier alpha value is -1.71. The standard InChI is InChI=1S/C20H27NO3/c1-23-17-4-2-3-5-18(17)24-7-6-21-19(22)20-11-14-8-15(12-20)10-16(9-14)13-20/h2-5,14-16H,6-13H2,1H3,(H,21,22). The van der Waals surface area contributed by atoms with E-state index >= 15 is 0 Å². The van der Waals surface area contributed by atoms with Crippen LogP contribution in [-0.4, -0.2) is 26.2 Å². The molecule has 4 nitrogen and oxygen atoms in total. The molecule has 1 aromatic rings. The number of para-hydroxylation sites is 2. The molecule has 0 heterocycles. The lowest BCUT2D eigenvalue weighted by Crippen LogP contribution is -2.54. The van der Waals surface area contributed by atoms with Gasteiger partial charge >= 0.3 is 0 Å². The zero-order valence-corrected chi connectivity index (χ0v) is 14.4. The van der Waals surface area contributed by atoms with Crippen molar-refractivity contribution in [3.05, 3.63) is 24.3 Å². The van der Waals surface area contributed by atoms with Crippen molar-refractivity contribution in [3.63, 3.8) is 0 Å². The van der Waals surface area contributed by atoms with Crippen LogP contribution in [0.5, 0.6) is 11.5 Å². The van der Waals surface area contributed by atoms with E-state index in [4.69, 9.17) is 9.47 Å². The molecule has 1 N–H and O–H groups in total. The number of carbonyl (C=O) groups is 1. The molecule has 0 atom stereocenters. The molecule has 4 aliphatic rings. The zero-order valence-electron chi connectivity index (χ0n) is 14.4. The number of methoxy groups -OCH3 is 1. The molecule has 4 heteroatoms. The Labute approximate surface area is 143 Å². The van der Waals surface area contributed by atoms with E-state index in [2.05, 4.69) is 5.32 Å². The molecule has 0 aromatic heterocycles. The van der Waals surface area contributed by atoms with Crippen LogP contribution in [0.3, 0.4) is 0 Å². The number of rotatable bonds is 6. The van der Waals surface area contributed by atoms with Crippen molar-refractivity contribution < 1.29 is 14.3 Å². The van der Waals surface area contributed by atoms with Gasteiger partial charge in [0.15, 0.2) is 11.5 Å². The van der Waals surface area contributed by atoms with Crippen LogP contribution in [0.4, 0.5) is 0 Å². The predicted molar refractivity (Wildman–Crippen MR) is 92.1 cm³/mol. The van der Waals surface area contributed by atoms with Gasteiger partial charge in [0.1, 0.15) is 6.61 Å². The summed E-state index contributed by atoms with van der Waals surface area (Å²) in [4.78, 5) is 12.8. The van der Waals surface area contributed by atoms with Crippen molar-refractivity contribution in [2.24, 2.45) is 23.2 Å². The monoisotopic (exact) mass is 329 g/mol. The maximum Gasteiger partial charge on any atom is 0.226 e. The van der Waals surface area contributed by atoms with Crippen molar-refractivity contribution in [1.29, 1.82) is 0 Å². The summed E-state index contributed by atoms with van der Waals surface area (Å²) in [6.07, 6.45) is 7.42. The summed E-state index contributed by atoms with van der Waals surface area (Å²) in [5.41, 5.74) is -0.0703. The normalized spacial score (nSPS) is 33.3. The second kappa shape index (κ2) is 6.30. The molecule has 4 bridgehead atoms. The minimum absolute atomic E-state index is 0.0703. The lowest BCUT2D eigenvalue weighted by atomic mass is 9.49. The first-order chi connectivity index (χ1) is 11.7. The third kappa shape index (κ3) is 2.87. The zero-order chi connectivity index (χ0) is 16.6. The molecule has 0 spiro atoms. The molecule has 24 heavy (non-hydrogen) atoms. The van der Waals surface area contributed by atoms with Gasteiger partial charge in [0.2, 0.25) is 5.91 Å². The molecular formula is C20H27NO3. The van der Waals surface area contributed by atoms with Gasteiger partial charge in [-0.05, 0) is 68.4 Å². The highest BCUT2D eigenvalue weighted by molar-refractivity contribution is 5.83. The topological polar surface area (TPSA) is 47.6 Å². The number of carbonyl (C=O) groups excluding carboxylic acids is 1. The molecule has 1 aromatic carbocycles. The molecular weight excluding hydrogens is 302 g/mol. The second-order valence-corrected chi connectivity index (χ2v) is 7.95. The number of hydrogen-bond acceptors (Lipinski definition) is 3. The highest BCUT2D eigenvalue weighted by Crippen LogP contribution is 2.60. The Morgan fingerprint density at radius 1 is 1.08 bits per heavy atom. The van der Waals surface area contributed by atoms with Crippen LogP contribution >= 0.6 is 0 Å². The van der Waals surface area contributed by atoms with Crippen molar-refractivity contribution in [2.75, 3.05) is 20.3 Å². The smallest absolute Gasteiger partial charge is 0.226 e. The number of amides is 1. The van der Waals surface area contributed by atoms with Crippen LogP contribution in [0.25, 0.3) is 0 Å². The third-order valence-corrected chi connectivity index (χ3v) is 6.23. The summed E-state index contributed by atoms with van der Waals surface area (Å²) in [6.45, 7) is 1.02. The van der Waals surface area contributed by atoms with Gasteiger partial charge in [-0.15, -0.1) is 0 Å². The van der Waals surface area contributed by atoms with E-state index in [1.165, 1.54) is 19.3 Å². The van der Waals surface area contributed by atoms with E-state index in [1.54, 1.807) is 7.11 Å². The molecule has 5 rings (SSSR count). The summed E-state index contributed by atoms with van der Waals surface area (Å²) in [5.74, 6) is 4.12. The van der Waals surface area contributed by atoms with Crippen molar-refractivity contribution in [2.45, 2.75) is 38.5 Å².